The van der Waals surface area contributed by atoms with Crippen LogP contribution in [-0.4, -0.2) is 13.2 Å². The van der Waals surface area contributed by atoms with Gasteiger partial charge in [0.05, 0.1) is 16.8 Å². The Balaban J connectivity index is 2.16. The van der Waals surface area contributed by atoms with Crippen molar-refractivity contribution in [1.82, 2.24) is 0 Å². The minimum absolute atomic E-state index is 0.631. The Kier molecular flexibility index (Phi) is 6.17. The predicted octanol–water partition coefficient (Wildman–Crippen LogP) is 4.70. The summed E-state index contributed by atoms with van der Waals surface area (Å²) in [6.07, 6.45) is 0. The van der Waals surface area contributed by atoms with Gasteiger partial charge in [-0.05, 0) is 66.3 Å². The highest BCUT2D eigenvalue weighted by atomic mass is 127. The summed E-state index contributed by atoms with van der Waals surface area (Å²) in [6, 6.07) is 14.4. The Hall–Kier alpha value is -1.43. The first-order chi connectivity index (χ1) is 10.2. The Morgan fingerprint density at radius 1 is 1.00 bits per heavy atom. The highest BCUT2D eigenvalue weighted by Crippen LogP contribution is 2.34. The molecule has 0 atom stereocenters. The van der Waals surface area contributed by atoms with Crippen LogP contribution in [0.3, 0.4) is 0 Å². The van der Waals surface area contributed by atoms with Crippen LogP contribution >= 0.6 is 22.6 Å². The van der Waals surface area contributed by atoms with Crippen molar-refractivity contribution >= 4 is 28.3 Å². The molecule has 0 unspecified atom stereocenters. The Morgan fingerprint density at radius 3 is 2.38 bits per heavy atom. The third kappa shape index (κ3) is 4.52. The summed E-state index contributed by atoms with van der Waals surface area (Å²) < 4.78 is 12.5. The molecule has 3 nitrogen and oxygen atoms in total. The van der Waals surface area contributed by atoms with Crippen LogP contribution < -0.4 is 14.8 Å². The van der Waals surface area contributed by atoms with Gasteiger partial charge < -0.3 is 14.8 Å². The molecule has 2 aromatic carbocycles. The van der Waals surface area contributed by atoms with Crippen LogP contribution in [0.1, 0.15) is 19.4 Å². The molecule has 0 aliphatic carbocycles. The van der Waals surface area contributed by atoms with Crippen LogP contribution in [0.5, 0.6) is 11.5 Å². The summed E-state index contributed by atoms with van der Waals surface area (Å²) in [7, 11) is 0. The molecule has 0 saturated carbocycles. The summed E-state index contributed by atoms with van der Waals surface area (Å²) >= 11 is 2.30. The second kappa shape index (κ2) is 8.12. The van der Waals surface area contributed by atoms with Gasteiger partial charge in [-0.1, -0.05) is 18.2 Å². The minimum Gasteiger partial charge on any atom is -0.490 e. The van der Waals surface area contributed by atoms with Crippen LogP contribution in [0.15, 0.2) is 42.5 Å². The molecule has 0 aromatic heterocycles. The molecule has 0 bridgehead atoms. The number of nitrogens with one attached hydrogen (secondary N) is 1. The average molecular weight is 397 g/mol. The molecule has 21 heavy (non-hydrogen) atoms. The first-order valence-electron chi connectivity index (χ1n) is 7.11. The summed E-state index contributed by atoms with van der Waals surface area (Å²) in [6.45, 7) is 5.99. The summed E-state index contributed by atoms with van der Waals surface area (Å²) in [4.78, 5) is 0. The zero-order valence-corrected chi connectivity index (χ0v) is 14.5. The maximum Gasteiger partial charge on any atom is 0.174 e. The largest absolute Gasteiger partial charge is 0.490 e. The van der Waals surface area contributed by atoms with Crippen molar-refractivity contribution in [1.29, 1.82) is 0 Å². The maximum absolute atomic E-state index is 5.71. The molecule has 2 aromatic rings. The Labute approximate surface area is 139 Å². The lowest BCUT2D eigenvalue weighted by molar-refractivity contribution is 0.286. The fourth-order valence-electron chi connectivity index (χ4n) is 2.03. The summed E-state index contributed by atoms with van der Waals surface area (Å²) in [5.74, 6) is 1.65. The zero-order chi connectivity index (χ0) is 15.1. The van der Waals surface area contributed by atoms with Crippen LogP contribution in [-0.2, 0) is 6.54 Å². The highest BCUT2D eigenvalue weighted by molar-refractivity contribution is 14.1. The number of benzene rings is 2. The second-order valence-corrected chi connectivity index (χ2v) is 5.65. The van der Waals surface area contributed by atoms with Gasteiger partial charge in [0.15, 0.2) is 11.5 Å². The van der Waals surface area contributed by atoms with Crippen molar-refractivity contribution in [3.63, 3.8) is 0 Å². The van der Waals surface area contributed by atoms with E-state index in [1.54, 1.807) is 0 Å². The summed E-state index contributed by atoms with van der Waals surface area (Å²) in [5, 5.41) is 3.41. The molecule has 0 heterocycles. The van der Waals surface area contributed by atoms with Crippen molar-refractivity contribution < 1.29 is 9.47 Å². The van der Waals surface area contributed by atoms with Gasteiger partial charge in [0, 0.05) is 12.2 Å². The van der Waals surface area contributed by atoms with Crippen molar-refractivity contribution in [3.8, 4) is 11.5 Å². The molecule has 4 heteroatoms. The number of rotatable bonds is 7. The van der Waals surface area contributed by atoms with Gasteiger partial charge >= 0.3 is 0 Å². The highest BCUT2D eigenvalue weighted by Gasteiger charge is 2.11. The van der Waals surface area contributed by atoms with Crippen molar-refractivity contribution in [2.45, 2.75) is 20.4 Å². The first kappa shape index (κ1) is 15.9. The smallest absolute Gasteiger partial charge is 0.174 e. The van der Waals surface area contributed by atoms with E-state index in [0.29, 0.717) is 13.2 Å². The Bertz CT molecular complexity index is 573. The van der Waals surface area contributed by atoms with Gasteiger partial charge in [-0.3, -0.25) is 0 Å². The first-order valence-corrected chi connectivity index (χ1v) is 8.19. The molecule has 2 rings (SSSR count). The Morgan fingerprint density at radius 2 is 1.71 bits per heavy atom. The van der Waals surface area contributed by atoms with E-state index >= 15 is 0 Å². The summed E-state index contributed by atoms with van der Waals surface area (Å²) in [5.41, 5.74) is 2.29. The van der Waals surface area contributed by atoms with Crippen molar-refractivity contribution in [2.24, 2.45) is 0 Å². The normalized spacial score (nSPS) is 10.2. The van der Waals surface area contributed by atoms with E-state index < -0.39 is 0 Å². The molecule has 0 saturated heterocycles. The van der Waals surface area contributed by atoms with Crippen LogP contribution in [0, 0.1) is 3.57 Å². The monoisotopic (exact) mass is 397 g/mol. The fourth-order valence-corrected chi connectivity index (χ4v) is 2.85. The quantitative estimate of drug-likeness (QED) is 0.687. The second-order valence-electron chi connectivity index (χ2n) is 4.49. The third-order valence-electron chi connectivity index (χ3n) is 2.93. The number of hydrogen-bond acceptors (Lipinski definition) is 3. The van der Waals surface area contributed by atoms with Gasteiger partial charge in [-0.25, -0.2) is 0 Å². The van der Waals surface area contributed by atoms with Crippen LogP contribution in [0.4, 0.5) is 5.69 Å². The molecule has 0 fully saturated rings. The number of anilines is 1. The van der Waals surface area contributed by atoms with E-state index in [9.17, 15) is 0 Å². The lowest BCUT2D eigenvalue weighted by Crippen LogP contribution is -2.04. The molecular weight excluding hydrogens is 377 g/mol. The van der Waals surface area contributed by atoms with Gasteiger partial charge in [-0.15, -0.1) is 0 Å². The van der Waals surface area contributed by atoms with Crippen LogP contribution in [0.25, 0.3) is 0 Å². The van der Waals surface area contributed by atoms with Gasteiger partial charge in [0.2, 0.25) is 0 Å². The molecule has 0 spiro atoms. The number of hydrogen-bond donors (Lipinski definition) is 1. The minimum atomic E-state index is 0.631. The van der Waals surface area contributed by atoms with Crippen molar-refractivity contribution in [2.75, 3.05) is 18.5 Å². The van der Waals surface area contributed by atoms with E-state index in [0.717, 1.165) is 27.3 Å². The average Bonchev–Trinajstić information content (AvgIpc) is 2.50. The van der Waals surface area contributed by atoms with Gasteiger partial charge in [-0.2, -0.15) is 0 Å². The molecule has 0 radical (unpaired) electrons. The molecule has 0 aliphatic rings. The number of ether oxygens (including phenoxy) is 2. The molecule has 1 N–H and O–H groups in total. The molecule has 0 amide bonds. The zero-order valence-electron chi connectivity index (χ0n) is 12.4. The van der Waals surface area contributed by atoms with E-state index in [1.807, 2.05) is 38.1 Å². The van der Waals surface area contributed by atoms with E-state index in [-0.39, 0.29) is 0 Å². The number of halogens is 1. The van der Waals surface area contributed by atoms with E-state index in [2.05, 4.69) is 46.1 Å². The van der Waals surface area contributed by atoms with E-state index in [1.165, 1.54) is 5.56 Å². The standard InChI is InChI=1S/C17H20INO2/c1-3-20-16-11-13(10-15(18)17(16)21-4-2)12-19-14-8-6-5-7-9-14/h5-11,19H,3-4,12H2,1-2H3. The molecule has 0 aliphatic heterocycles. The predicted molar refractivity (Wildman–Crippen MR) is 95.3 cm³/mol. The topological polar surface area (TPSA) is 30.5 Å². The SMILES string of the molecule is CCOc1cc(CNc2ccccc2)cc(I)c1OCC. The van der Waals surface area contributed by atoms with Gasteiger partial charge in [0.25, 0.3) is 0 Å². The lowest BCUT2D eigenvalue weighted by Gasteiger charge is -2.15. The van der Waals surface area contributed by atoms with Crippen LogP contribution in [0.2, 0.25) is 0 Å². The maximum atomic E-state index is 5.71. The fraction of sp³-hybridized carbons (Fsp3) is 0.294. The van der Waals surface area contributed by atoms with Gasteiger partial charge in [0.1, 0.15) is 0 Å². The number of para-hydroxylation sites is 1. The molecule has 112 valence electrons. The van der Waals surface area contributed by atoms with Crippen molar-refractivity contribution in [3.05, 3.63) is 51.6 Å². The lowest BCUT2D eigenvalue weighted by atomic mass is 10.2. The molecular formula is C17H20INO2. The van der Waals surface area contributed by atoms with E-state index in [4.69, 9.17) is 9.47 Å². The third-order valence-corrected chi connectivity index (χ3v) is 3.73.